The van der Waals surface area contributed by atoms with E-state index in [9.17, 15) is 9.59 Å². The summed E-state index contributed by atoms with van der Waals surface area (Å²) in [7, 11) is 1.89. The molecular formula is C17H22N4O2. The number of piperazine rings is 1. The van der Waals surface area contributed by atoms with Crippen LogP contribution in [0.3, 0.4) is 0 Å². The van der Waals surface area contributed by atoms with Gasteiger partial charge in [0.1, 0.15) is 0 Å². The fraction of sp³-hybridized carbons (Fsp3) is 0.471. The molecule has 1 saturated heterocycles. The Bertz CT molecular complexity index is 615. The lowest BCUT2D eigenvalue weighted by atomic mass is 10.1. The van der Waals surface area contributed by atoms with Gasteiger partial charge in [-0.05, 0) is 24.7 Å². The summed E-state index contributed by atoms with van der Waals surface area (Å²) in [5.74, 6) is 0.138. The molecule has 6 heteroatoms. The van der Waals surface area contributed by atoms with Crippen molar-refractivity contribution < 1.29 is 9.59 Å². The molecule has 6 nitrogen and oxygen atoms in total. The molecule has 0 atom stereocenters. The van der Waals surface area contributed by atoms with E-state index in [0.717, 1.165) is 5.56 Å². The van der Waals surface area contributed by atoms with E-state index in [1.165, 1.54) is 0 Å². The topological polar surface area (TPSA) is 67.7 Å². The Balaban J connectivity index is 1.83. The van der Waals surface area contributed by atoms with Crippen molar-refractivity contribution in [3.63, 3.8) is 0 Å². The number of rotatable bonds is 4. The van der Waals surface area contributed by atoms with Crippen LogP contribution in [-0.2, 0) is 16.1 Å². The third-order valence-corrected chi connectivity index (χ3v) is 3.99. The minimum atomic E-state index is 0.0617. The van der Waals surface area contributed by atoms with Gasteiger partial charge in [0.25, 0.3) is 0 Å². The fourth-order valence-electron chi connectivity index (χ4n) is 2.71. The van der Waals surface area contributed by atoms with Gasteiger partial charge in [-0.25, -0.2) is 0 Å². The van der Waals surface area contributed by atoms with Crippen molar-refractivity contribution in [1.82, 2.24) is 14.7 Å². The van der Waals surface area contributed by atoms with Crippen molar-refractivity contribution in [2.45, 2.75) is 13.5 Å². The average molecular weight is 314 g/mol. The number of nitrogens with zero attached hydrogens (tertiary/aromatic N) is 4. The van der Waals surface area contributed by atoms with Crippen LogP contribution in [0.25, 0.3) is 0 Å². The van der Waals surface area contributed by atoms with E-state index in [2.05, 4.69) is 6.07 Å². The summed E-state index contributed by atoms with van der Waals surface area (Å²) in [6.45, 7) is 4.91. The lowest BCUT2D eigenvalue weighted by molar-refractivity contribution is -0.139. The number of amides is 2. The molecule has 0 unspecified atom stereocenters. The standard InChI is InChI=1S/C17H22N4O2/c1-14(22)20-6-8-21(9-7-20)17(23)13-19(2)12-16-5-3-4-15(10-16)11-18/h3-5,10H,6-9,12-13H2,1-2H3. The number of likely N-dealkylation sites (N-methyl/N-ethyl adjacent to an activating group) is 1. The maximum absolute atomic E-state index is 12.3. The Hall–Kier alpha value is -2.39. The first-order valence-corrected chi connectivity index (χ1v) is 7.70. The lowest BCUT2D eigenvalue weighted by Gasteiger charge is -2.35. The van der Waals surface area contributed by atoms with Gasteiger partial charge in [0.05, 0.1) is 18.2 Å². The number of carbonyl (C=O) groups is 2. The van der Waals surface area contributed by atoms with Gasteiger partial charge in [-0.1, -0.05) is 12.1 Å². The summed E-state index contributed by atoms with van der Waals surface area (Å²) in [6, 6.07) is 9.53. The van der Waals surface area contributed by atoms with E-state index in [4.69, 9.17) is 5.26 Å². The fourth-order valence-corrected chi connectivity index (χ4v) is 2.71. The summed E-state index contributed by atoms with van der Waals surface area (Å²) in [5, 5.41) is 8.92. The van der Waals surface area contributed by atoms with Crippen LogP contribution in [0.2, 0.25) is 0 Å². The van der Waals surface area contributed by atoms with Gasteiger partial charge < -0.3 is 9.80 Å². The van der Waals surface area contributed by atoms with Crippen molar-refractivity contribution in [3.05, 3.63) is 35.4 Å². The zero-order valence-electron chi connectivity index (χ0n) is 13.7. The minimum Gasteiger partial charge on any atom is -0.339 e. The van der Waals surface area contributed by atoms with E-state index in [-0.39, 0.29) is 11.8 Å². The van der Waals surface area contributed by atoms with Gasteiger partial charge >= 0.3 is 0 Å². The smallest absolute Gasteiger partial charge is 0.236 e. The molecule has 23 heavy (non-hydrogen) atoms. The van der Waals surface area contributed by atoms with E-state index >= 15 is 0 Å². The first-order valence-electron chi connectivity index (χ1n) is 7.70. The Labute approximate surface area is 136 Å². The zero-order chi connectivity index (χ0) is 16.8. The number of carbonyl (C=O) groups excluding carboxylic acids is 2. The van der Waals surface area contributed by atoms with Crippen LogP contribution in [0, 0.1) is 11.3 Å². The molecule has 1 aromatic carbocycles. The maximum atomic E-state index is 12.3. The SMILES string of the molecule is CC(=O)N1CCN(C(=O)CN(C)Cc2cccc(C#N)c2)CC1. The lowest BCUT2D eigenvalue weighted by Crippen LogP contribution is -2.51. The van der Waals surface area contributed by atoms with Crippen molar-refractivity contribution in [1.29, 1.82) is 5.26 Å². The quantitative estimate of drug-likeness (QED) is 0.820. The van der Waals surface area contributed by atoms with Crippen LogP contribution in [0.5, 0.6) is 0 Å². The second-order valence-corrected chi connectivity index (χ2v) is 5.87. The summed E-state index contributed by atoms with van der Waals surface area (Å²) in [4.78, 5) is 29.1. The molecule has 0 saturated carbocycles. The first kappa shape index (κ1) is 17.0. The van der Waals surface area contributed by atoms with Crippen LogP contribution in [-0.4, -0.2) is 66.3 Å². The number of nitriles is 1. The van der Waals surface area contributed by atoms with Crippen LogP contribution in [0.4, 0.5) is 0 Å². The molecule has 2 amide bonds. The van der Waals surface area contributed by atoms with Crippen LogP contribution < -0.4 is 0 Å². The Morgan fingerprint density at radius 1 is 1.22 bits per heavy atom. The molecule has 1 aliphatic heterocycles. The van der Waals surface area contributed by atoms with E-state index < -0.39 is 0 Å². The molecule has 1 aromatic rings. The molecule has 2 rings (SSSR count). The molecule has 1 heterocycles. The van der Waals surface area contributed by atoms with Crippen molar-refractivity contribution in [2.75, 3.05) is 39.8 Å². The average Bonchev–Trinajstić information content (AvgIpc) is 2.54. The summed E-state index contributed by atoms with van der Waals surface area (Å²) >= 11 is 0. The predicted molar refractivity (Wildman–Crippen MR) is 86.3 cm³/mol. The molecule has 0 aliphatic carbocycles. The van der Waals surface area contributed by atoms with E-state index in [0.29, 0.717) is 44.8 Å². The van der Waals surface area contributed by atoms with E-state index in [1.807, 2.05) is 35.0 Å². The number of hydrogen-bond donors (Lipinski definition) is 0. The molecule has 0 N–H and O–H groups in total. The zero-order valence-corrected chi connectivity index (χ0v) is 13.7. The highest BCUT2D eigenvalue weighted by molar-refractivity contribution is 5.79. The van der Waals surface area contributed by atoms with Crippen LogP contribution in [0.1, 0.15) is 18.1 Å². The van der Waals surface area contributed by atoms with Gasteiger partial charge in [-0.15, -0.1) is 0 Å². The minimum absolute atomic E-state index is 0.0617. The van der Waals surface area contributed by atoms with Gasteiger partial charge in [0.15, 0.2) is 0 Å². The third-order valence-electron chi connectivity index (χ3n) is 3.99. The molecule has 1 fully saturated rings. The van der Waals surface area contributed by atoms with Crippen molar-refractivity contribution in [2.24, 2.45) is 0 Å². The Kier molecular flexibility index (Phi) is 5.72. The molecule has 0 bridgehead atoms. The molecule has 1 aliphatic rings. The largest absolute Gasteiger partial charge is 0.339 e. The summed E-state index contributed by atoms with van der Waals surface area (Å²) in [6.07, 6.45) is 0. The van der Waals surface area contributed by atoms with E-state index in [1.54, 1.807) is 17.9 Å². The highest BCUT2D eigenvalue weighted by Crippen LogP contribution is 2.08. The predicted octanol–water partition coefficient (Wildman–Crippen LogP) is 0.681. The molecule has 0 spiro atoms. The molecular weight excluding hydrogens is 292 g/mol. The van der Waals surface area contributed by atoms with Crippen molar-refractivity contribution in [3.8, 4) is 6.07 Å². The second-order valence-electron chi connectivity index (χ2n) is 5.87. The first-order chi connectivity index (χ1) is 11.0. The number of hydrogen-bond acceptors (Lipinski definition) is 4. The normalized spacial score (nSPS) is 14.7. The van der Waals surface area contributed by atoms with Gasteiger partial charge in [0.2, 0.25) is 11.8 Å². The highest BCUT2D eigenvalue weighted by Gasteiger charge is 2.22. The van der Waals surface area contributed by atoms with Gasteiger partial charge in [-0.3, -0.25) is 14.5 Å². The molecule has 0 radical (unpaired) electrons. The Morgan fingerprint density at radius 3 is 2.48 bits per heavy atom. The molecule has 0 aromatic heterocycles. The van der Waals surface area contributed by atoms with Crippen molar-refractivity contribution >= 4 is 11.8 Å². The number of benzene rings is 1. The highest BCUT2D eigenvalue weighted by atomic mass is 16.2. The Morgan fingerprint density at radius 2 is 1.87 bits per heavy atom. The summed E-state index contributed by atoms with van der Waals surface area (Å²) in [5.41, 5.74) is 1.64. The van der Waals surface area contributed by atoms with Gasteiger partial charge in [-0.2, -0.15) is 5.26 Å². The van der Waals surface area contributed by atoms with Crippen LogP contribution >= 0.6 is 0 Å². The van der Waals surface area contributed by atoms with Gasteiger partial charge in [0, 0.05) is 39.6 Å². The molecule has 122 valence electrons. The third kappa shape index (κ3) is 4.80. The second kappa shape index (κ2) is 7.75. The summed E-state index contributed by atoms with van der Waals surface area (Å²) < 4.78 is 0. The van der Waals surface area contributed by atoms with Crippen LogP contribution in [0.15, 0.2) is 24.3 Å². The maximum Gasteiger partial charge on any atom is 0.236 e. The monoisotopic (exact) mass is 314 g/mol.